The summed E-state index contributed by atoms with van der Waals surface area (Å²) >= 11 is 0. The first-order chi connectivity index (χ1) is 13.6. The van der Waals surface area contributed by atoms with Crippen LogP contribution in [0.15, 0.2) is 12.1 Å². The van der Waals surface area contributed by atoms with Gasteiger partial charge in [0.1, 0.15) is 18.0 Å². The van der Waals surface area contributed by atoms with Crippen molar-refractivity contribution in [2.45, 2.75) is 57.3 Å². The maximum Gasteiger partial charge on any atom is 0.406 e. The molecule has 1 aliphatic rings. The summed E-state index contributed by atoms with van der Waals surface area (Å²) in [5, 5.41) is 0. The van der Waals surface area contributed by atoms with Gasteiger partial charge in [-0.05, 0) is 45.7 Å². The van der Waals surface area contributed by atoms with Crippen LogP contribution in [0.5, 0.6) is 0 Å². The second-order valence-electron chi connectivity index (χ2n) is 8.00. The zero-order valence-electron chi connectivity index (χ0n) is 16.5. The largest absolute Gasteiger partial charge is 0.444 e. The standard InChI is InChI=1S/C19H22F6N2O3/c1-9-11(14-12(20)4-5-13(21)15(14)22)6-10(7-18(2,3)30-17(26)29)16(28)27(9)8-19(23,24)25/h4-5,9-11H,6-8H2,1-3H3,(H2,26,29)/t9-,10+,11-/m0/s1. The van der Waals surface area contributed by atoms with Crippen LogP contribution in [-0.2, 0) is 9.53 Å². The highest BCUT2D eigenvalue weighted by Gasteiger charge is 2.47. The first kappa shape index (κ1) is 23.8. The molecule has 0 spiro atoms. The van der Waals surface area contributed by atoms with Crippen molar-refractivity contribution in [3.63, 3.8) is 0 Å². The Kier molecular flexibility index (Phi) is 6.63. The van der Waals surface area contributed by atoms with Crippen LogP contribution in [0, 0.1) is 23.4 Å². The Labute approximate surface area is 169 Å². The molecule has 30 heavy (non-hydrogen) atoms. The molecule has 2 amide bonds. The van der Waals surface area contributed by atoms with Crippen LogP contribution in [0.2, 0.25) is 0 Å². The van der Waals surface area contributed by atoms with E-state index in [1.807, 2.05) is 0 Å². The smallest absolute Gasteiger partial charge is 0.406 e. The van der Waals surface area contributed by atoms with Gasteiger partial charge in [-0.1, -0.05) is 0 Å². The lowest BCUT2D eigenvalue weighted by Gasteiger charge is -2.44. The molecule has 1 saturated heterocycles. The molecular weight excluding hydrogens is 418 g/mol. The number of primary amides is 1. The molecule has 168 valence electrons. The molecule has 5 nitrogen and oxygen atoms in total. The third-order valence-corrected chi connectivity index (χ3v) is 5.16. The number of likely N-dealkylation sites (tertiary alicyclic amines) is 1. The molecule has 2 rings (SSSR count). The van der Waals surface area contributed by atoms with E-state index in [1.165, 1.54) is 20.8 Å². The Bertz CT molecular complexity index is 827. The quantitative estimate of drug-likeness (QED) is 0.550. The Hall–Kier alpha value is -2.46. The van der Waals surface area contributed by atoms with Crippen LogP contribution in [0.1, 0.15) is 45.1 Å². The average Bonchev–Trinajstić information content (AvgIpc) is 2.57. The van der Waals surface area contributed by atoms with Gasteiger partial charge in [0.05, 0.1) is 0 Å². The van der Waals surface area contributed by atoms with E-state index in [-0.39, 0.29) is 12.8 Å². The van der Waals surface area contributed by atoms with Crippen molar-refractivity contribution in [2.24, 2.45) is 11.7 Å². The van der Waals surface area contributed by atoms with Gasteiger partial charge in [0, 0.05) is 23.4 Å². The van der Waals surface area contributed by atoms with E-state index < -0.39 is 71.2 Å². The summed E-state index contributed by atoms with van der Waals surface area (Å²) in [5.74, 6) is -7.33. The van der Waals surface area contributed by atoms with Crippen molar-refractivity contribution >= 4 is 12.0 Å². The number of nitrogens with two attached hydrogens (primary N) is 1. The van der Waals surface area contributed by atoms with Crippen molar-refractivity contribution in [1.29, 1.82) is 0 Å². The van der Waals surface area contributed by atoms with Crippen LogP contribution < -0.4 is 5.73 Å². The number of halogens is 6. The van der Waals surface area contributed by atoms with Crippen LogP contribution in [0.25, 0.3) is 0 Å². The Balaban J connectivity index is 2.49. The topological polar surface area (TPSA) is 72.6 Å². The van der Waals surface area contributed by atoms with E-state index >= 15 is 0 Å². The van der Waals surface area contributed by atoms with Gasteiger partial charge in [-0.15, -0.1) is 0 Å². The summed E-state index contributed by atoms with van der Waals surface area (Å²) in [7, 11) is 0. The average molecular weight is 440 g/mol. The van der Waals surface area contributed by atoms with E-state index in [2.05, 4.69) is 0 Å². The number of hydrogen-bond acceptors (Lipinski definition) is 3. The summed E-state index contributed by atoms with van der Waals surface area (Å²) in [6, 6.07) is -0.0109. The molecule has 1 fully saturated rings. The molecule has 0 radical (unpaired) electrons. The maximum absolute atomic E-state index is 14.4. The van der Waals surface area contributed by atoms with Crippen molar-refractivity contribution < 1.29 is 40.7 Å². The van der Waals surface area contributed by atoms with Gasteiger partial charge in [-0.2, -0.15) is 13.2 Å². The Morgan fingerprint density at radius 1 is 1.20 bits per heavy atom. The molecule has 1 aliphatic heterocycles. The second kappa shape index (κ2) is 8.35. The van der Waals surface area contributed by atoms with Crippen molar-refractivity contribution in [3.05, 3.63) is 35.1 Å². The van der Waals surface area contributed by atoms with Gasteiger partial charge >= 0.3 is 12.3 Å². The normalized spacial score (nSPS) is 22.9. The zero-order chi connectivity index (χ0) is 23.0. The predicted octanol–water partition coefficient (Wildman–Crippen LogP) is 4.25. The van der Waals surface area contributed by atoms with Crippen LogP contribution >= 0.6 is 0 Å². The molecule has 0 saturated carbocycles. The lowest BCUT2D eigenvalue weighted by molar-refractivity contribution is -0.174. The van der Waals surface area contributed by atoms with E-state index in [4.69, 9.17) is 10.5 Å². The van der Waals surface area contributed by atoms with Gasteiger partial charge in [0.15, 0.2) is 11.6 Å². The van der Waals surface area contributed by atoms with Crippen molar-refractivity contribution in [3.8, 4) is 0 Å². The van der Waals surface area contributed by atoms with Gasteiger partial charge < -0.3 is 15.4 Å². The first-order valence-electron chi connectivity index (χ1n) is 9.12. The summed E-state index contributed by atoms with van der Waals surface area (Å²) in [6.45, 7) is 2.38. The number of amides is 2. The molecule has 2 N–H and O–H groups in total. The number of piperidine rings is 1. The minimum atomic E-state index is -4.77. The van der Waals surface area contributed by atoms with Crippen LogP contribution in [0.4, 0.5) is 31.1 Å². The number of carbonyl (C=O) groups excluding carboxylic acids is 2. The monoisotopic (exact) mass is 440 g/mol. The molecular formula is C19H22F6N2O3. The van der Waals surface area contributed by atoms with E-state index in [0.717, 1.165) is 0 Å². The predicted molar refractivity (Wildman–Crippen MR) is 93.8 cm³/mol. The number of hydrogen-bond donors (Lipinski definition) is 1. The Morgan fingerprint density at radius 2 is 1.77 bits per heavy atom. The highest BCUT2D eigenvalue weighted by atomic mass is 19.4. The second-order valence-corrected chi connectivity index (χ2v) is 8.00. The fraction of sp³-hybridized carbons (Fsp3) is 0.579. The molecule has 0 unspecified atom stereocenters. The van der Waals surface area contributed by atoms with E-state index in [1.54, 1.807) is 0 Å². The fourth-order valence-corrected chi connectivity index (χ4v) is 3.99. The van der Waals surface area contributed by atoms with Gasteiger partial charge in [-0.3, -0.25) is 4.79 Å². The lowest BCUT2D eigenvalue weighted by atomic mass is 9.75. The molecule has 1 heterocycles. The van der Waals surface area contributed by atoms with E-state index in [9.17, 15) is 35.9 Å². The van der Waals surface area contributed by atoms with Gasteiger partial charge in [0.25, 0.3) is 0 Å². The molecule has 0 aliphatic carbocycles. The third kappa shape index (κ3) is 5.37. The summed E-state index contributed by atoms with van der Waals surface area (Å²) < 4.78 is 86.6. The molecule has 1 aromatic rings. The maximum atomic E-state index is 14.4. The minimum Gasteiger partial charge on any atom is -0.444 e. The number of alkyl halides is 3. The lowest BCUT2D eigenvalue weighted by Crippen LogP contribution is -2.54. The molecule has 0 bridgehead atoms. The minimum absolute atomic E-state index is 0.245. The highest BCUT2D eigenvalue weighted by molar-refractivity contribution is 5.80. The number of nitrogens with zero attached hydrogens (tertiary/aromatic N) is 1. The van der Waals surface area contributed by atoms with Crippen LogP contribution in [0.3, 0.4) is 0 Å². The van der Waals surface area contributed by atoms with E-state index in [0.29, 0.717) is 17.0 Å². The highest BCUT2D eigenvalue weighted by Crippen LogP contribution is 2.42. The number of carbonyl (C=O) groups is 2. The van der Waals surface area contributed by atoms with Crippen molar-refractivity contribution in [1.82, 2.24) is 4.90 Å². The summed E-state index contributed by atoms with van der Waals surface area (Å²) in [5.41, 5.74) is 2.92. The number of rotatable bonds is 5. The fourth-order valence-electron chi connectivity index (χ4n) is 3.99. The number of benzene rings is 1. The number of ether oxygens (including phenoxy) is 1. The summed E-state index contributed by atoms with van der Waals surface area (Å²) in [4.78, 5) is 24.3. The Morgan fingerprint density at radius 3 is 2.30 bits per heavy atom. The molecule has 1 aromatic carbocycles. The van der Waals surface area contributed by atoms with Gasteiger partial charge in [-0.25, -0.2) is 18.0 Å². The molecule has 0 aromatic heterocycles. The first-order valence-corrected chi connectivity index (χ1v) is 9.12. The van der Waals surface area contributed by atoms with Gasteiger partial charge in [0.2, 0.25) is 5.91 Å². The SMILES string of the molecule is C[C@H]1[C@@H](c2c(F)ccc(F)c2F)C[C@H](CC(C)(C)OC(N)=O)C(=O)N1CC(F)(F)F. The summed E-state index contributed by atoms with van der Waals surface area (Å²) in [6.07, 6.45) is -6.43. The third-order valence-electron chi connectivity index (χ3n) is 5.16. The molecule has 11 heteroatoms. The van der Waals surface area contributed by atoms with Crippen LogP contribution in [-0.4, -0.2) is 41.3 Å². The van der Waals surface area contributed by atoms with Crippen molar-refractivity contribution in [2.75, 3.05) is 6.54 Å². The zero-order valence-corrected chi connectivity index (χ0v) is 16.5. The molecule has 3 atom stereocenters.